The molecule has 3 aromatic rings. The van der Waals surface area contributed by atoms with E-state index in [0.717, 1.165) is 28.8 Å². The molecule has 3 aromatic carbocycles. The van der Waals surface area contributed by atoms with Gasteiger partial charge in [0.05, 0.1) is 17.0 Å². The SMILES string of the molecule is C=CC1=CCC2C(=O)N(Nc3ccc(C)cc3)C(=O)C2(c2ccccc2)C1c1cc(OC(F)(F)F)ccc1O. The molecule has 2 N–H and O–H groups in total. The number of fused-ring (bicyclic) bond motifs is 1. The van der Waals surface area contributed by atoms with Crippen molar-refractivity contribution in [1.29, 1.82) is 0 Å². The highest BCUT2D eigenvalue weighted by molar-refractivity contribution is 6.12. The highest BCUT2D eigenvalue weighted by atomic mass is 19.4. The van der Waals surface area contributed by atoms with Crippen LogP contribution in [0.15, 0.2) is 97.1 Å². The zero-order valence-corrected chi connectivity index (χ0v) is 20.9. The van der Waals surface area contributed by atoms with E-state index in [0.29, 0.717) is 16.8 Å². The molecule has 1 heterocycles. The Labute approximate surface area is 223 Å². The fourth-order valence-corrected chi connectivity index (χ4v) is 5.69. The second kappa shape index (κ2) is 9.65. The summed E-state index contributed by atoms with van der Waals surface area (Å²) in [6.45, 7) is 5.77. The lowest BCUT2D eigenvalue weighted by Crippen LogP contribution is -2.48. The maximum absolute atomic E-state index is 14.5. The number of alkyl halides is 3. The van der Waals surface area contributed by atoms with Gasteiger partial charge in [-0.1, -0.05) is 66.8 Å². The number of aryl methyl sites for hydroxylation is 1. The Morgan fingerprint density at radius 1 is 1.08 bits per heavy atom. The largest absolute Gasteiger partial charge is 0.573 e. The molecular weight excluding hydrogens is 509 g/mol. The van der Waals surface area contributed by atoms with Gasteiger partial charge in [0.2, 0.25) is 0 Å². The molecule has 5 rings (SSSR count). The number of hydrazine groups is 1. The Kier molecular flexibility index (Phi) is 6.46. The number of aromatic hydroxyl groups is 1. The molecule has 1 aliphatic carbocycles. The van der Waals surface area contributed by atoms with Gasteiger partial charge in [0.1, 0.15) is 11.5 Å². The number of hydrogen-bond acceptors (Lipinski definition) is 5. The molecule has 1 aliphatic heterocycles. The molecular formula is C30H25F3N2O4. The van der Waals surface area contributed by atoms with Crippen molar-refractivity contribution >= 4 is 17.5 Å². The highest BCUT2D eigenvalue weighted by Crippen LogP contribution is 2.59. The van der Waals surface area contributed by atoms with Crippen molar-refractivity contribution < 1.29 is 32.6 Å². The van der Waals surface area contributed by atoms with E-state index in [2.05, 4.69) is 16.7 Å². The molecule has 1 saturated heterocycles. The monoisotopic (exact) mass is 534 g/mol. The van der Waals surface area contributed by atoms with Crippen LogP contribution >= 0.6 is 0 Å². The quantitative estimate of drug-likeness (QED) is 0.371. The lowest BCUT2D eigenvalue weighted by molar-refractivity contribution is -0.274. The average molecular weight is 535 g/mol. The van der Waals surface area contributed by atoms with Crippen LogP contribution in [0.25, 0.3) is 0 Å². The number of imide groups is 1. The summed E-state index contributed by atoms with van der Waals surface area (Å²) < 4.78 is 43.4. The summed E-state index contributed by atoms with van der Waals surface area (Å²) in [5.74, 6) is -3.95. The van der Waals surface area contributed by atoms with Gasteiger partial charge in [-0.2, -0.15) is 5.01 Å². The van der Waals surface area contributed by atoms with Crippen LogP contribution in [-0.4, -0.2) is 28.3 Å². The Bertz CT molecular complexity index is 1470. The van der Waals surface area contributed by atoms with E-state index in [-0.39, 0.29) is 17.7 Å². The Hall–Kier alpha value is -4.53. The van der Waals surface area contributed by atoms with Crippen LogP contribution in [0.2, 0.25) is 0 Å². The first-order chi connectivity index (χ1) is 18.6. The molecule has 2 amide bonds. The van der Waals surface area contributed by atoms with Crippen LogP contribution in [0.4, 0.5) is 18.9 Å². The van der Waals surface area contributed by atoms with Crippen molar-refractivity contribution in [3.8, 4) is 11.5 Å². The minimum atomic E-state index is -4.97. The van der Waals surface area contributed by atoms with E-state index < -0.39 is 41.2 Å². The third-order valence-electron chi connectivity index (χ3n) is 7.33. The number of carbonyl (C=O) groups is 2. The van der Waals surface area contributed by atoms with Gasteiger partial charge < -0.3 is 9.84 Å². The van der Waals surface area contributed by atoms with Gasteiger partial charge in [-0.25, -0.2) is 0 Å². The van der Waals surface area contributed by atoms with Crippen LogP contribution in [0.3, 0.4) is 0 Å². The van der Waals surface area contributed by atoms with E-state index in [1.807, 2.05) is 19.1 Å². The van der Waals surface area contributed by atoms with Crippen LogP contribution in [-0.2, 0) is 15.0 Å². The van der Waals surface area contributed by atoms with E-state index in [1.165, 1.54) is 6.08 Å². The van der Waals surface area contributed by atoms with Crippen molar-refractivity contribution in [1.82, 2.24) is 5.01 Å². The molecule has 0 radical (unpaired) electrons. The maximum atomic E-state index is 14.5. The van der Waals surface area contributed by atoms with Gasteiger partial charge >= 0.3 is 6.36 Å². The van der Waals surface area contributed by atoms with Crippen molar-refractivity contribution in [2.45, 2.75) is 31.0 Å². The number of halogens is 3. The van der Waals surface area contributed by atoms with Gasteiger partial charge in [0.15, 0.2) is 0 Å². The molecule has 0 saturated carbocycles. The predicted molar refractivity (Wildman–Crippen MR) is 139 cm³/mol. The molecule has 0 aromatic heterocycles. The third-order valence-corrected chi connectivity index (χ3v) is 7.33. The van der Waals surface area contributed by atoms with Gasteiger partial charge in [0.25, 0.3) is 11.8 Å². The van der Waals surface area contributed by atoms with Crippen LogP contribution < -0.4 is 10.2 Å². The summed E-state index contributed by atoms with van der Waals surface area (Å²) in [7, 11) is 0. The highest BCUT2D eigenvalue weighted by Gasteiger charge is 2.66. The van der Waals surface area contributed by atoms with Gasteiger partial charge in [0, 0.05) is 11.5 Å². The second-order valence-electron chi connectivity index (χ2n) is 9.59. The summed E-state index contributed by atoms with van der Waals surface area (Å²) >= 11 is 0. The fourth-order valence-electron chi connectivity index (χ4n) is 5.69. The molecule has 3 unspecified atom stereocenters. The number of nitrogens with zero attached hydrogens (tertiary/aromatic N) is 1. The van der Waals surface area contributed by atoms with Gasteiger partial charge in [-0.05, 0) is 54.8 Å². The number of hydrogen-bond donors (Lipinski definition) is 2. The topological polar surface area (TPSA) is 78.9 Å². The van der Waals surface area contributed by atoms with E-state index in [9.17, 15) is 27.9 Å². The van der Waals surface area contributed by atoms with Crippen molar-refractivity contribution in [2.24, 2.45) is 5.92 Å². The molecule has 6 nitrogen and oxygen atoms in total. The molecule has 0 bridgehead atoms. The zero-order valence-electron chi connectivity index (χ0n) is 20.9. The number of carbonyl (C=O) groups excluding carboxylic acids is 2. The Morgan fingerprint density at radius 3 is 2.41 bits per heavy atom. The van der Waals surface area contributed by atoms with Crippen LogP contribution in [0, 0.1) is 12.8 Å². The first kappa shape index (κ1) is 26.1. The van der Waals surface area contributed by atoms with E-state index >= 15 is 0 Å². The summed E-state index contributed by atoms with van der Waals surface area (Å²) in [5, 5.41) is 11.9. The number of ether oxygens (including phenoxy) is 1. The number of phenolic OH excluding ortho intramolecular Hbond substituents is 1. The lowest BCUT2D eigenvalue weighted by Gasteiger charge is -2.43. The first-order valence-electron chi connectivity index (χ1n) is 12.2. The molecule has 3 atom stereocenters. The number of allylic oxidation sites excluding steroid dienone is 3. The van der Waals surface area contributed by atoms with Crippen LogP contribution in [0.5, 0.6) is 11.5 Å². The van der Waals surface area contributed by atoms with Crippen molar-refractivity contribution in [3.05, 3.63) is 114 Å². The molecule has 2 aliphatic rings. The zero-order chi connectivity index (χ0) is 27.9. The third kappa shape index (κ3) is 4.43. The standard InChI is InChI=1S/C30H25F3N2O4/c1-3-19-11-15-24-27(37)35(34-21-12-9-18(2)10-13-21)28(38)29(24,20-7-5-4-6-8-20)26(19)23-17-22(14-16-25(23)36)39-30(31,32)33/h3-14,16-17,24,26,34,36H,1,15H2,2H3. The lowest BCUT2D eigenvalue weighted by atomic mass is 9.56. The molecule has 39 heavy (non-hydrogen) atoms. The van der Waals surface area contributed by atoms with Gasteiger partial charge in [-0.15, -0.1) is 13.2 Å². The molecule has 0 spiro atoms. The summed E-state index contributed by atoms with van der Waals surface area (Å²) in [5.41, 5.74) is 3.83. The predicted octanol–water partition coefficient (Wildman–Crippen LogP) is 6.15. The van der Waals surface area contributed by atoms with Crippen LogP contribution in [0.1, 0.15) is 29.0 Å². The number of nitrogens with one attached hydrogen (secondary N) is 1. The Balaban J connectivity index is 1.72. The second-order valence-corrected chi connectivity index (χ2v) is 9.59. The average Bonchev–Trinajstić information content (AvgIpc) is 3.12. The normalized spacial score (nSPS) is 22.8. The summed E-state index contributed by atoms with van der Waals surface area (Å²) in [6.07, 6.45) is -1.55. The van der Waals surface area contributed by atoms with Crippen molar-refractivity contribution in [3.63, 3.8) is 0 Å². The fraction of sp³-hybridized carbons (Fsp3) is 0.200. The van der Waals surface area contributed by atoms with E-state index in [1.54, 1.807) is 48.5 Å². The van der Waals surface area contributed by atoms with Gasteiger partial charge in [-0.3, -0.25) is 15.0 Å². The van der Waals surface area contributed by atoms with E-state index in [4.69, 9.17) is 0 Å². The smallest absolute Gasteiger partial charge is 0.508 e. The minimum Gasteiger partial charge on any atom is -0.508 e. The number of amides is 2. The minimum absolute atomic E-state index is 0.00906. The summed E-state index contributed by atoms with van der Waals surface area (Å²) in [4.78, 5) is 28.4. The maximum Gasteiger partial charge on any atom is 0.573 e. The number of phenols is 1. The molecule has 9 heteroatoms. The first-order valence-corrected chi connectivity index (χ1v) is 12.2. The van der Waals surface area contributed by atoms with Crippen molar-refractivity contribution in [2.75, 3.05) is 5.43 Å². The Morgan fingerprint density at radius 2 is 1.77 bits per heavy atom. The number of anilines is 1. The molecule has 1 fully saturated rings. The summed E-state index contributed by atoms with van der Waals surface area (Å²) in [6, 6.07) is 18.9. The number of rotatable bonds is 6. The number of benzene rings is 3. The molecule has 200 valence electrons.